The molecular formula is C18H18N4OS. The van der Waals surface area contributed by atoms with Gasteiger partial charge in [0, 0.05) is 23.9 Å². The molecule has 3 rings (SSSR count). The number of aryl methyl sites for hydroxylation is 1. The van der Waals surface area contributed by atoms with Gasteiger partial charge in [-0.25, -0.2) is 0 Å². The van der Waals surface area contributed by atoms with E-state index in [1.165, 1.54) is 5.56 Å². The Hall–Kier alpha value is -2.60. The lowest BCUT2D eigenvalue weighted by atomic mass is 10.1. The number of nitrogens with two attached hydrogens (primary N) is 1. The second-order valence-electron chi connectivity index (χ2n) is 5.53. The van der Waals surface area contributed by atoms with E-state index in [1.54, 1.807) is 23.9 Å². The summed E-state index contributed by atoms with van der Waals surface area (Å²) < 4.78 is 2.00. The Bertz CT molecular complexity index is 871. The first-order chi connectivity index (χ1) is 11.6. The highest BCUT2D eigenvalue weighted by Gasteiger charge is 2.12. The SMILES string of the molecule is Cc1ccccc1-c1nnc(SCc2ccc(C(N)=O)cc2)n1C. The molecule has 0 saturated carbocycles. The molecule has 0 unspecified atom stereocenters. The minimum Gasteiger partial charge on any atom is -0.366 e. The van der Waals surface area contributed by atoms with Crippen LogP contribution < -0.4 is 5.73 Å². The van der Waals surface area contributed by atoms with E-state index in [9.17, 15) is 4.79 Å². The molecule has 6 heteroatoms. The van der Waals surface area contributed by atoms with Crippen molar-refractivity contribution < 1.29 is 4.79 Å². The Kier molecular flexibility index (Phi) is 4.66. The second-order valence-corrected chi connectivity index (χ2v) is 6.47. The van der Waals surface area contributed by atoms with E-state index in [0.29, 0.717) is 5.56 Å². The molecule has 122 valence electrons. The zero-order valence-electron chi connectivity index (χ0n) is 13.6. The van der Waals surface area contributed by atoms with E-state index in [4.69, 9.17) is 5.73 Å². The Morgan fingerprint density at radius 1 is 1.12 bits per heavy atom. The van der Waals surface area contributed by atoms with Gasteiger partial charge in [0.05, 0.1) is 0 Å². The average Bonchev–Trinajstić information content (AvgIpc) is 2.94. The maximum Gasteiger partial charge on any atom is 0.248 e. The molecule has 2 aromatic carbocycles. The molecule has 24 heavy (non-hydrogen) atoms. The number of hydrogen-bond donors (Lipinski definition) is 1. The van der Waals surface area contributed by atoms with Crippen molar-refractivity contribution in [3.05, 3.63) is 65.2 Å². The fourth-order valence-electron chi connectivity index (χ4n) is 2.41. The number of rotatable bonds is 5. The standard InChI is InChI=1S/C18H18N4OS/c1-12-5-3-4-6-15(12)17-20-21-18(22(17)2)24-11-13-7-9-14(10-8-13)16(19)23/h3-10H,11H2,1-2H3,(H2,19,23). The normalized spacial score (nSPS) is 10.8. The maximum atomic E-state index is 11.1. The lowest BCUT2D eigenvalue weighted by Crippen LogP contribution is -2.10. The van der Waals surface area contributed by atoms with Crippen LogP contribution in [-0.4, -0.2) is 20.7 Å². The molecule has 0 fully saturated rings. The summed E-state index contributed by atoms with van der Waals surface area (Å²) in [6.07, 6.45) is 0. The first-order valence-corrected chi connectivity index (χ1v) is 8.52. The Balaban J connectivity index is 1.75. The molecule has 1 heterocycles. The van der Waals surface area contributed by atoms with E-state index >= 15 is 0 Å². The smallest absolute Gasteiger partial charge is 0.248 e. The van der Waals surface area contributed by atoms with Gasteiger partial charge in [-0.3, -0.25) is 4.79 Å². The molecule has 0 aliphatic heterocycles. The van der Waals surface area contributed by atoms with Gasteiger partial charge < -0.3 is 10.3 Å². The van der Waals surface area contributed by atoms with Crippen molar-refractivity contribution in [3.8, 4) is 11.4 Å². The zero-order chi connectivity index (χ0) is 17.1. The van der Waals surface area contributed by atoms with Crippen LogP contribution in [0, 0.1) is 6.92 Å². The van der Waals surface area contributed by atoms with E-state index in [1.807, 2.05) is 35.9 Å². The molecule has 0 atom stereocenters. The van der Waals surface area contributed by atoms with Gasteiger partial charge >= 0.3 is 0 Å². The largest absolute Gasteiger partial charge is 0.366 e. The summed E-state index contributed by atoms with van der Waals surface area (Å²) in [6.45, 7) is 2.07. The third-order valence-electron chi connectivity index (χ3n) is 3.83. The highest BCUT2D eigenvalue weighted by atomic mass is 32.2. The van der Waals surface area contributed by atoms with Crippen molar-refractivity contribution >= 4 is 17.7 Å². The van der Waals surface area contributed by atoms with Crippen molar-refractivity contribution in [1.29, 1.82) is 0 Å². The van der Waals surface area contributed by atoms with Gasteiger partial charge in [-0.2, -0.15) is 0 Å². The van der Waals surface area contributed by atoms with Gasteiger partial charge in [0.2, 0.25) is 5.91 Å². The van der Waals surface area contributed by atoms with Crippen LogP contribution in [0.25, 0.3) is 11.4 Å². The molecule has 0 aliphatic carbocycles. The predicted molar refractivity (Wildman–Crippen MR) is 95.7 cm³/mol. The number of amides is 1. The summed E-state index contributed by atoms with van der Waals surface area (Å²) in [7, 11) is 1.97. The first kappa shape index (κ1) is 16.3. The highest BCUT2D eigenvalue weighted by Crippen LogP contribution is 2.26. The first-order valence-electron chi connectivity index (χ1n) is 7.53. The van der Waals surface area contributed by atoms with Crippen LogP contribution in [0.15, 0.2) is 53.7 Å². The lowest BCUT2D eigenvalue weighted by molar-refractivity contribution is 0.100. The molecule has 1 amide bonds. The number of carbonyl (C=O) groups excluding carboxylic acids is 1. The van der Waals surface area contributed by atoms with Crippen molar-refractivity contribution in [1.82, 2.24) is 14.8 Å². The maximum absolute atomic E-state index is 11.1. The van der Waals surface area contributed by atoms with Crippen LogP contribution in [0.5, 0.6) is 0 Å². The van der Waals surface area contributed by atoms with Crippen molar-refractivity contribution in [2.24, 2.45) is 12.8 Å². The Labute approximate surface area is 144 Å². The Morgan fingerprint density at radius 2 is 1.83 bits per heavy atom. The number of thioether (sulfide) groups is 1. The fraction of sp³-hybridized carbons (Fsp3) is 0.167. The Morgan fingerprint density at radius 3 is 2.50 bits per heavy atom. The third kappa shape index (κ3) is 3.33. The van der Waals surface area contributed by atoms with E-state index in [-0.39, 0.29) is 0 Å². The van der Waals surface area contributed by atoms with Crippen LogP contribution in [0.2, 0.25) is 0 Å². The molecular weight excluding hydrogens is 320 g/mol. The molecule has 5 nitrogen and oxygen atoms in total. The molecule has 1 aromatic heterocycles. The molecule has 0 aliphatic rings. The molecule has 3 aromatic rings. The van der Waals surface area contributed by atoms with Crippen LogP contribution in [0.4, 0.5) is 0 Å². The van der Waals surface area contributed by atoms with Gasteiger partial charge in [-0.1, -0.05) is 48.2 Å². The minimum absolute atomic E-state index is 0.412. The summed E-state index contributed by atoms with van der Waals surface area (Å²) in [6, 6.07) is 15.4. The average molecular weight is 338 g/mol. The molecule has 2 N–H and O–H groups in total. The van der Waals surface area contributed by atoms with Crippen LogP contribution in [0.3, 0.4) is 0 Å². The summed E-state index contributed by atoms with van der Waals surface area (Å²) in [5.74, 6) is 1.20. The van der Waals surface area contributed by atoms with E-state index in [0.717, 1.165) is 27.9 Å². The topological polar surface area (TPSA) is 73.8 Å². The zero-order valence-corrected chi connectivity index (χ0v) is 14.4. The van der Waals surface area contributed by atoms with Gasteiger partial charge in [0.25, 0.3) is 0 Å². The minimum atomic E-state index is -0.412. The summed E-state index contributed by atoms with van der Waals surface area (Å²) in [5.41, 5.74) is 9.13. The number of benzene rings is 2. The van der Waals surface area contributed by atoms with Gasteiger partial charge in [0.1, 0.15) is 0 Å². The van der Waals surface area contributed by atoms with Crippen molar-refractivity contribution in [2.45, 2.75) is 17.8 Å². The van der Waals surface area contributed by atoms with Crippen LogP contribution >= 0.6 is 11.8 Å². The van der Waals surface area contributed by atoms with Crippen LogP contribution in [-0.2, 0) is 12.8 Å². The number of primary amides is 1. The number of carbonyl (C=O) groups is 1. The van der Waals surface area contributed by atoms with Gasteiger partial charge in [-0.15, -0.1) is 10.2 Å². The lowest BCUT2D eigenvalue weighted by Gasteiger charge is -2.06. The molecule has 0 radical (unpaired) electrons. The summed E-state index contributed by atoms with van der Waals surface area (Å²) in [5, 5.41) is 9.48. The summed E-state index contributed by atoms with van der Waals surface area (Å²) in [4.78, 5) is 11.1. The quantitative estimate of drug-likeness (QED) is 0.725. The van der Waals surface area contributed by atoms with E-state index < -0.39 is 5.91 Å². The third-order valence-corrected chi connectivity index (χ3v) is 4.92. The monoisotopic (exact) mass is 338 g/mol. The summed E-state index contributed by atoms with van der Waals surface area (Å²) >= 11 is 1.61. The highest BCUT2D eigenvalue weighted by molar-refractivity contribution is 7.98. The molecule has 0 spiro atoms. The van der Waals surface area contributed by atoms with Crippen molar-refractivity contribution in [3.63, 3.8) is 0 Å². The number of nitrogens with zero attached hydrogens (tertiary/aromatic N) is 3. The number of hydrogen-bond acceptors (Lipinski definition) is 4. The predicted octanol–water partition coefficient (Wildman–Crippen LogP) is 3.18. The molecule has 0 bridgehead atoms. The van der Waals surface area contributed by atoms with Gasteiger partial charge in [-0.05, 0) is 30.2 Å². The van der Waals surface area contributed by atoms with Crippen molar-refractivity contribution in [2.75, 3.05) is 0 Å². The van der Waals surface area contributed by atoms with E-state index in [2.05, 4.69) is 29.3 Å². The van der Waals surface area contributed by atoms with Gasteiger partial charge in [0.15, 0.2) is 11.0 Å². The fourth-order valence-corrected chi connectivity index (χ4v) is 3.28. The number of aromatic nitrogens is 3. The molecule has 0 saturated heterocycles. The van der Waals surface area contributed by atoms with Crippen LogP contribution in [0.1, 0.15) is 21.5 Å². The second kappa shape index (κ2) is 6.88.